The van der Waals surface area contributed by atoms with Gasteiger partial charge in [-0.25, -0.2) is 4.39 Å². The van der Waals surface area contributed by atoms with E-state index in [9.17, 15) is 0 Å². The number of hydrogen-bond acceptors (Lipinski definition) is 3. The number of aromatic nitrogens is 2. The molecule has 1 aliphatic heterocycles. The number of pyridine rings is 2. The van der Waals surface area contributed by atoms with Gasteiger partial charge in [-0.3, -0.25) is 9.97 Å². The molecule has 3 nitrogen and oxygen atoms in total. The summed E-state index contributed by atoms with van der Waals surface area (Å²) in [6, 6.07) is 13.6. The first-order chi connectivity index (χ1) is 15.2. The van der Waals surface area contributed by atoms with E-state index < -0.39 is 5.82 Å². The van der Waals surface area contributed by atoms with Crippen LogP contribution in [0.25, 0.3) is 32.9 Å². The fraction of sp³-hybridized carbons (Fsp3) is 0.259. The van der Waals surface area contributed by atoms with E-state index in [1.54, 1.807) is 12.4 Å². The summed E-state index contributed by atoms with van der Waals surface area (Å²) in [4.78, 5) is 11.4. The van der Waals surface area contributed by atoms with Gasteiger partial charge < -0.3 is 4.90 Å². The number of fused-ring (bicyclic) bond motifs is 4. The molecule has 0 N–H and O–H groups in total. The summed E-state index contributed by atoms with van der Waals surface area (Å²) in [5, 5.41) is 2.60. The lowest BCUT2D eigenvalue weighted by molar-refractivity contribution is 0.422. The summed E-state index contributed by atoms with van der Waals surface area (Å²) in [5.74, 6) is 3.83. The van der Waals surface area contributed by atoms with Crippen molar-refractivity contribution < 1.29 is 4.39 Å². The molecule has 2 unspecified atom stereocenters. The van der Waals surface area contributed by atoms with Crippen molar-refractivity contribution in [2.75, 3.05) is 18.0 Å². The van der Waals surface area contributed by atoms with Crippen LogP contribution < -0.4 is 4.90 Å². The second kappa shape index (κ2) is 7.06. The average molecular weight is 407 g/mol. The molecule has 2 aromatic carbocycles. The fourth-order valence-corrected chi connectivity index (χ4v) is 5.59. The normalized spacial score (nSPS) is 20.3. The Bertz CT molecular complexity index is 1350. The van der Waals surface area contributed by atoms with Crippen LogP contribution in [-0.4, -0.2) is 23.1 Å². The van der Waals surface area contributed by atoms with Crippen LogP contribution in [0.2, 0.25) is 0 Å². The molecule has 3 heterocycles. The summed E-state index contributed by atoms with van der Waals surface area (Å²) in [7, 11) is 0. The minimum atomic E-state index is -0.390. The minimum absolute atomic E-state index is 0.296. The lowest BCUT2D eigenvalue weighted by atomic mass is 9.96. The molecule has 1 saturated heterocycles. The molecule has 1 saturated carbocycles. The van der Waals surface area contributed by atoms with Crippen LogP contribution in [0.15, 0.2) is 54.9 Å². The highest BCUT2D eigenvalue weighted by Gasteiger charge is 2.33. The van der Waals surface area contributed by atoms with E-state index in [1.165, 1.54) is 19.3 Å². The van der Waals surface area contributed by atoms with Gasteiger partial charge in [-0.15, -0.1) is 6.42 Å². The number of nitrogens with zero attached hydrogens (tertiary/aromatic N) is 3. The van der Waals surface area contributed by atoms with Crippen molar-refractivity contribution in [3.63, 3.8) is 0 Å². The number of hydrogen-bond donors (Lipinski definition) is 0. The van der Waals surface area contributed by atoms with Gasteiger partial charge in [0.2, 0.25) is 0 Å². The van der Waals surface area contributed by atoms with E-state index in [-0.39, 0.29) is 0 Å². The molecule has 1 aliphatic carbocycles. The van der Waals surface area contributed by atoms with Gasteiger partial charge in [0, 0.05) is 53.1 Å². The highest BCUT2D eigenvalue weighted by Crippen LogP contribution is 2.40. The van der Waals surface area contributed by atoms with Crippen molar-refractivity contribution in [1.29, 1.82) is 0 Å². The molecule has 4 aromatic rings. The van der Waals surface area contributed by atoms with Crippen LogP contribution in [0.1, 0.15) is 24.8 Å². The zero-order chi connectivity index (χ0) is 20.9. The summed E-state index contributed by atoms with van der Waals surface area (Å²) in [6.45, 7) is 2.07. The standard InChI is InChI=1S/C27H22FN3/c1-2-19-5-3-6-20-7-4-8-21(24(19)20)26-25(28)27-22(14-30-26)23(11-12-29-27)31-15-17-9-10-18(13-17)16-31/h1,3-8,11-12,14,17-18H,9-10,13,15-16H2. The average Bonchev–Trinajstić information content (AvgIpc) is 3.15. The van der Waals surface area contributed by atoms with Gasteiger partial charge in [-0.1, -0.05) is 36.3 Å². The number of rotatable bonds is 2. The van der Waals surface area contributed by atoms with Crippen LogP contribution in [0.5, 0.6) is 0 Å². The molecule has 4 heteroatoms. The Balaban J connectivity index is 1.53. The highest BCUT2D eigenvalue weighted by molar-refractivity contribution is 6.02. The Morgan fingerprint density at radius 3 is 2.55 bits per heavy atom. The van der Waals surface area contributed by atoms with Gasteiger partial charge in [0.05, 0.1) is 0 Å². The first-order valence-electron chi connectivity index (χ1n) is 10.9. The summed E-state index contributed by atoms with van der Waals surface area (Å²) >= 11 is 0. The molecule has 2 aliphatic rings. The predicted octanol–water partition coefficient (Wildman–Crippen LogP) is 5.81. The first-order valence-corrected chi connectivity index (χ1v) is 10.9. The maximum absolute atomic E-state index is 15.8. The Kier molecular flexibility index (Phi) is 4.17. The third kappa shape index (κ3) is 2.88. The van der Waals surface area contributed by atoms with Crippen molar-refractivity contribution in [2.45, 2.75) is 19.3 Å². The number of terminal acetylenes is 1. The number of halogens is 1. The first kappa shape index (κ1) is 18.3. The Labute approximate surface area is 180 Å². The number of piperidine rings is 1. The van der Waals surface area contributed by atoms with Crippen molar-refractivity contribution in [2.24, 2.45) is 11.8 Å². The van der Waals surface area contributed by atoms with E-state index in [2.05, 4.69) is 20.8 Å². The SMILES string of the molecule is C#Cc1cccc2cccc(-c3ncc4c(N5CC6CCC(C6)C5)ccnc4c3F)c12. The molecular weight excluding hydrogens is 385 g/mol. The molecule has 2 atom stereocenters. The van der Waals surface area contributed by atoms with Crippen LogP contribution in [0, 0.1) is 30.0 Å². The molecule has 31 heavy (non-hydrogen) atoms. The van der Waals surface area contributed by atoms with E-state index in [0.29, 0.717) is 16.8 Å². The molecule has 2 aromatic heterocycles. The van der Waals surface area contributed by atoms with Gasteiger partial charge in [0.1, 0.15) is 11.2 Å². The van der Waals surface area contributed by atoms with E-state index in [4.69, 9.17) is 6.42 Å². The monoisotopic (exact) mass is 407 g/mol. The Morgan fingerprint density at radius 2 is 1.77 bits per heavy atom. The molecule has 2 bridgehead atoms. The number of benzene rings is 2. The maximum Gasteiger partial charge on any atom is 0.175 e. The summed E-state index contributed by atoms with van der Waals surface area (Å²) < 4.78 is 15.8. The van der Waals surface area contributed by atoms with Gasteiger partial charge in [0.25, 0.3) is 0 Å². The lowest BCUT2D eigenvalue weighted by Crippen LogP contribution is -2.36. The highest BCUT2D eigenvalue weighted by atomic mass is 19.1. The van der Waals surface area contributed by atoms with Gasteiger partial charge in [-0.2, -0.15) is 0 Å². The summed E-state index contributed by atoms with van der Waals surface area (Å²) in [6.07, 6.45) is 13.2. The van der Waals surface area contributed by atoms with Crippen molar-refractivity contribution in [1.82, 2.24) is 9.97 Å². The molecule has 0 amide bonds. The van der Waals surface area contributed by atoms with E-state index in [0.717, 1.165) is 52.3 Å². The number of anilines is 1. The molecule has 0 radical (unpaired) electrons. The van der Waals surface area contributed by atoms with Gasteiger partial charge in [-0.05, 0) is 48.6 Å². The zero-order valence-electron chi connectivity index (χ0n) is 17.2. The van der Waals surface area contributed by atoms with Crippen LogP contribution in [0.3, 0.4) is 0 Å². The molecule has 6 rings (SSSR count). The van der Waals surface area contributed by atoms with Gasteiger partial charge >= 0.3 is 0 Å². The lowest BCUT2D eigenvalue weighted by Gasteiger charge is -2.34. The largest absolute Gasteiger partial charge is 0.370 e. The molecule has 152 valence electrons. The molecule has 0 spiro atoms. The van der Waals surface area contributed by atoms with Crippen LogP contribution in [0.4, 0.5) is 10.1 Å². The smallest absolute Gasteiger partial charge is 0.175 e. The Morgan fingerprint density at radius 1 is 1.00 bits per heavy atom. The van der Waals surface area contributed by atoms with Crippen molar-refractivity contribution >= 4 is 27.4 Å². The third-order valence-electron chi connectivity index (χ3n) is 6.97. The quantitative estimate of drug-likeness (QED) is 0.393. The molecular formula is C27H22FN3. The van der Waals surface area contributed by atoms with Crippen molar-refractivity contribution in [3.8, 4) is 23.6 Å². The second-order valence-electron chi connectivity index (χ2n) is 8.82. The van der Waals surface area contributed by atoms with E-state index in [1.807, 2.05) is 42.5 Å². The van der Waals surface area contributed by atoms with Gasteiger partial charge in [0.15, 0.2) is 5.82 Å². The fourth-order valence-electron chi connectivity index (χ4n) is 5.59. The van der Waals surface area contributed by atoms with Crippen molar-refractivity contribution in [3.05, 3.63) is 66.2 Å². The van der Waals surface area contributed by atoms with Crippen LogP contribution in [-0.2, 0) is 0 Å². The third-order valence-corrected chi connectivity index (χ3v) is 6.97. The summed E-state index contributed by atoms with van der Waals surface area (Å²) in [5.41, 5.74) is 3.15. The second-order valence-corrected chi connectivity index (χ2v) is 8.82. The van der Waals surface area contributed by atoms with E-state index >= 15 is 4.39 Å². The predicted molar refractivity (Wildman–Crippen MR) is 123 cm³/mol. The van der Waals surface area contributed by atoms with Crippen LogP contribution >= 0.6 is 0 Å². The molecule has 2 fully saturated rings. The zero-order valence-corrected chi connectivity index (χ0v) is 17.2. The minimum Gasteiger partial charge on any atom is -0.370 e. The maximum atomic E-state index is 15.8. The Hall–Kier alpha value is -3.45. The topological polar surface area (TPSA) is 29.0 Å².